The summed E-state index contributed by atoms with van der Waals surface area (Å²) in [6, 6.07) is 13.3. The summed E-state index contributed by atoms with van der Waals surface area (Å²) >= 11 is 0. The van der Waals surface area contributed by atoms with E-state index in [2.05, 4.69) is 0 Å². The maximum absolute atomic E-state index is 9.37. The van der Waals surface area contributed by atoms with Crippen molar-refractivity contribution in [2.45, 2.75) is 0 Å². The molecule has 0 saturated carbocycles. The molecule has 0 aromatic heterocycles. The number of hydrogen-bond acceptors (Lipinski definition) is 1. The van der Waals surface area contributed by atoms with Crippen LogP contribution in [0, 0.1) is 0 Å². The lowest BCUT2D eigenvalue weighted by molar-refractivity contribution is 0.481. The zero-order valence-corrected chi connectivity index (χ0v) is 5.99. The van der Waals surface area contributed by atoms with Crippen molar-refractivity contribution in [3.8, 4) is 5.75 Å². The van der Waals surface area contributed by atoms with Crippen LogP contribution in [-0.2, 0) is 0 Å². The normalized spacial score (nSPS) is 10.2. The van der Waals surface area contributed by atoms with Crippen LogP contribution >= 0.6 is 0 Å². The fraction of sp³-hybridized carbons (Fsp3) is 0. The third-order valence-corrected chi connectivity index (χ3v) is 1.77. The van der Waals surface area contributed by atoms with E-state index in [0.717, 1.165) is 10.8 Å². The van der Waals surface area contributed by atoms with Crippen LogP contribution in [0.15, 0.2) is 42.5 Å². The van der Waals surface area contributed by atoms with E-state index in [0.29, 0.717) is 5.75 Å². The van der Waals surface area contributed by atoms with Crippen LogP contribution in [0.2, 0.25) is 0 Å². The molecular formula is C10H8O. The van der Waals surface area contributed by atoms with Gasteiger partial charge in [0.1, 0.15) is 5.75 Å². The summed E-state index contributed by atoms with van der Waals surface area (Å²) in [7, 11) is 0. The SMILES string of the molecule is O[12c]1cccc2ccccc21. The zero-order valence-electron chi connectivity index (χ0n) is 5.99. The monoisotopic (exact) mass is 144 g/mol. The first-order valence-electron chi connectivity index (χ1n) is 3.54. The molecule has 0 aliphatic heterocycles. The number of phenolic OH excluding ortho intramolecular Hbond substituents is 1. The molecule has 0 aliphatic carbocycles. The zero-order chi connectivity index (χ0) is 7.68. The highest BCUT2D eigenvalue weighted by Crippen LogP contribution is 2.22. The van der Waals surface area contributed by atoms with Crippen molar-refractivity contribution < 1.29 is 5.11 Å². The number of hydrogen-bond donors (Lipinski definition) is 1. The van der Waals surface area contributed by atoms with Crippen LogP contribution in [0.5, 0.6) is 5.75 Å². The molecule has 2 aromatic carbocycles. The second-order valence-corrected chi connectivity index (χ2v) is 2.50. The molecule has 0 bridgehead atoms. The van der Waals surface area contributed by atoms with Crippen molar-refractivity contribution in [3.05, 3.63) is 42.5 Å². The second kappa shape index (κ2) is 2.27. The Morgan fingerprint density at radius 2 is 1.55 bits per heavy atom. The van der Waals surface area contributed by atoms with Gasteiger partial charge in [0.05, 0.1) is 0 Å². The van der Waals surface area contributed by atoms with Gasteiger partial charge in [0.15, 0.2) is 0 Å². The van der Waals surface area contributed by atoms with Crippen molar-refractivity contribution in [1.29, 1.82) is 0 Å². The third kappa shape index (κ3) is 0.944. The highest BCUT2D eigenvalue weighted by atomic mass is 16.3. The molecule has 1 N–H and O–H groups in total. The van der Waals surface area contributed by atoms with Gasteiger partial charge in [-0.25, -0.2) is 0 Å². The molecule has 0 heterocycles. The van der Waals surface area contributed by atoms with Gasteiger partial charge in [-0.2, -0.15) is 0 Å². The minimum absolute atomic E-state index is 0.350. The molecule has 1 nitrogen and oxygen atoms in total. The Labute approximate surface area is 64.9 Å². The van der Waals surface area contributed by atoms with Crippen molar-refractivity contribution in [3.63, 3.8) is 0 Å². The van der Waals surface area contributed by atoms with Crippen LogP contribution in [0.1, 0.15) is 0 Å². The molecule has 1 heteroatoms. The average molecular weight is 144 g/mol. The molecule has 54 valence electrons. The van der Waals surface area contributed by atoms with Gasteiger partial charge in [-0.15, -0.1) is 0 Å². The molecule has 0 fully saturated rings. The van der Waals surface area contributed by atoms with Gasteiger partial charge in [-0.3, -0.25) is 0 Å². The Morgan fingerprint density at radius 1 is 0.818 bits per heavy atom. The predicted octanol–water partition coefficient (Wildman–Crippen LogP) is 2.55. The van der Waals surface area contributed by atoms with Crippen molar-refractivity contribution in [1.82, 2.24) is 0 Å². The van der Waals surface area contributed by atoms with Crippen molar-refractivity contribution in [2.75, 3.05) is 0 Å². The maximum atomic E-state index is 9.37. The lowest BCUT2D eigenvalue weighted by Crippen LogP contribution is -1.70. The second-order valence-electron chi connectivity index (χ2n) is 2.50. The van der Waals surface area contributed by atoms with E-state index in [9.17, 15) is 5.11 Å². The predicted molar refractivity (Wildman–Crippen MR) is 45.6 cm³/mol. The molecule has 0 spiro atoms. The molecule has 2 rings (SSSR count). The van der Waals surface area contributed by atoms with E-state index >= 15 is 0 Å². The van der Waals surface area contributed by atoms with Gasteiger partial charge in [0.2, 0.25) is 0 Å². The largest absolute Gasteiger partial charge is 0.507 e. The van der Waals surface area contributed by atoms with E-state index in [1.54, 1.807) is 6.07 Å². The minimum Gasteiger partial charge on any atom is -0.507 e. The van der Waals surface area contributed by atoms with Crippen LogP contribution in [0.25, 0.3) is 10.8 Å². The van der Waals surface area contributed by atoms with Gasteiger partial charge < -0.3 is 5.11 Å². The van der Waals surface area contributed by atoms with Crippen LogP contribution in [-0.4, -0.2) is 5.11 Å². The summed E-state index contributed by atoms with van der Waals surface area (Å²) in [5.74, 6) is 0.350. The number of fused-ring (bicyclic) bond motifs is 1. The number of aromatic hydroxyl groups is 1. The smallest absolute Gasteiger partial charge is 0.123 e. The lowest BCUT2D eigenvalue weighted by Gasteiger charge is -1.97. The lowest BCUT2D eigenvalue weighted by atomic mass is 10.1. The molecule has 0 aliphatic rings. The Bertz CT molecular complexity index is 374. The van der Waals surface area contributed by atoms with Gasteiger partial charge in [0, 0.05) is 5.39 Å². The van der Waals surface area contributed by atoms with E-state index in [1.807, 2.05) is 36.4 Å². The van der Waals surface area contributed by atoms with Crippen LogP contribution < -0.4 is 0 Å². The molecule has 11 heavy (non-hydrogen) atoms. The summed E-state index contributed by atoms with van der Waals surface area (Å²) in [5, 5.41) is 11.4. The molecule has 0 amide bonds. The molecule has 0 radical (unpaired) electrons. The summed E-state index contributed by atoms with van der Waals surface area (Å²) in [6.45, 7) is 0. The molecular weight excluding hydrogens is 136 g/mol. The molecule has 0 saturated heterocycles. The van der Waals surface area contributed by atoms with Crippen molar-refractivity contribution in [2.24, 2.45) is 0 Å². The van der Waals surface area contributed by atoms with Crippen molar-refractivity contribution >= 4 is 10.8 Å². The average Bonchev–Trinajstić information content (AvgIpc) is 2.06. The minimum atomic E-state index is 0.350. The van der Waals surface area contributed by atoms with E-state index in [-0.39, 0.29) is 0 Å². The topological polar surface area (TPSA) is 20.2 Å². The van der Waals surface area contributed by atoms with E-state index < -0.39 is 0 Å². The molecule has 0 atom stereocenters. The van der Waals surface area contributed by atoms with E-state index in [4.69, 9.17) is 0 Å². The highest BCUT2D eigenvalue weighted by molar-refractivity contribution is 5.87. The van der Waals surface area contributed by atoms with Gasteiger partial charge in [0.25, 0.3) is 0 Å². The van der Waals surface area contributed by atoms with Gasteiger partial charge in [-0.05, 0) is 11.5 Å². The number of rotatable bonds is 0. The third-order valence-electron chi connectivity index (χ3n) is 1.77. The molecule has 2 aromatic rings. The summed E-state index contributed by atoms with van der Waals surface area (Å²) in [5.41, 5.74) is 0. The van der Waals surface area contributed by atoms with Gasteiger partial charge in [-0.1, -0.05) is 36.4 Å². The molecule has 0 unspecified atom stereocenters. The number of phenols is 1. The van der Waals surface area contributed by atoms with Gasteiger partial charge >= 0.3 is 0 Å². The van der Waals surface area contributed by atoms with E-state index in [1.165, 1.54) is 0 Å². The van der Waals surface area contributed by atoms with Crippen LogP contribution in [0.4, 0.5) is 0 Å². The Balaban J connectivity index is 2.91. The van der Waals surface area contributed by atoms with Crippen LogP contribution in [0.3, 0.4) is 0 Å². The summed E-state index contributed by atoms with van der Waals surface area (Å²) in [6.07, 6.45) is 0. The highest BCUT2D eigenvalue weighted by Gasteiger charge is 1.94. The first-order valence-corrected chi connectivity index (χ1v) is 3.54. The Morgan fingerprint density at radius 3 is 2.36 bits per heavy atom. The summed E-state index contributed by atoms with van der Waals surface area (Å²) < 4.78 is 0. The summed E-state index contributed by atoms with van der Waals surface area (Å²) in [4.78, 5) is 0. The number of benzene rings is 2. The Hall–Kier alpha value is -1.50. The first kappa shape index (κ1) is 6.23. The Kier molecular flexibility index (Phi) is 1.29. The fourth-order valence-electron chi connectivity index (χ4n) is 1.21. The quantitative estimate of drug-likeness (QED) is 0.602. The maximum Gasteiger partial charge on any atom is 0.123 e. The standard InChI is InChI=1S/C10H8O/c11-10-7-3-5-8-4-1-2-6-9(8)10/h1-7,11H/i10+0. The first-order chi connectivity index (χ1) is 5.38. The fourth-order valence-corrected chi connectivity index (χ4v) is 1.21.